The third-order valence-corrected chi connectivity index (χ3v) is 4.49. The molecule has 0 aromatic carbocycles. The van der Waals surface area contributed by atoms with Crippen molar-refractivity contribution in [3.8, 4) is 0 Å². The van der Waals surface area contributed by atoms with E-state index in [1.807, 2.05) is 0 Å². The molecule has 0 bridgehead atoms. The molecule has 1 aliphatic carbocycles. The van der Waals surface area contributed by atoms with Gasteiger partial charge in [-0.05, 0) is 5.54 Å². The monoisotopic (exact) mass is 164 g/mol. The van der Waals surface area contributed by atoms with Gasteiger partial charge in [-0.15, -0.1) is 0 Å². The van der Waals surface area contributed by atoms with Crippen LogP contribution >= 0.6 is 0 Å². The van der Waals surface area contributed by atoms with E-state index >= 15 is 0 Å². The molecular formula is C10H16Si. The van der Waals surface area contributed by atoms with Crippen LogP contribution in [0.25, 0.3) is 0 Å². The van der Waals surface area contributed by atoms with E-state index in [9.17, 15) is 0 Å². The summed E-state index contributed by atoms with van der Waals surface area (Å²) in [5.74, 6) is 0. The predicted octanol–water partition coefficient (Wildman–Crippen LogP) is 3.38. The number of allylic oxidation sites excluding steroid dienone is 5. The molecule has 11 heavy (non-hydrogen) atoms. The highest BCUT2D eigenvalue weighted by atomic mass is 28.3. The zero-order chi connectivity index (χ0) is 8.48. The lowest BCUT2D eigenvalue weighted by Crippen LogP contribution is -2.28. The lowest BCUT2D eigenvalue weighted by Gasteiger charge is -2.28. The molecule has 1 unspecified atom stereocenters. The van der Waals surface area contributed by atoms with Gasteiger partial charge >= 0.3 is 0 Å². The number of hydrogen-bond acceptors (Lipinski definition) is 0. The maximum atomic E-state index is 4.06. The summed E-state index contributed by atoms with van der Waals surface area (Å²) in [6.45, 7) is 11.2. The van der Waals surface area contributed by atoms with Crippen LogP contribution in [-0.4, -0.2) is 8.07 Å². The van der Waals surface area contributed by atoms with E-state index in [2.05, 4.69) is 50.5 Å². The smallest absolute Gasteiger partial charge is 0.0565 e. The fourth-order valence-corrected chi connectivity index (χ4v) is 3.32. The van der Waals surface area contributed by atoms with Gasteiger partial charge in [-0.2, -0.15) is 0 Å². The molecule has 0 heterocycles. The molecule has 0 amide bonds. The van der Waals surface area contributed by atoms with Gasteiger partial charge in [0.25, 0.3) is 0 Å². The van der Waals surface area contributed by atoms with E-state index in [0.29, 0.717) is 5.54 Å². The number of rotatable bonds is 1. The Kier molecular flexibility index (Phi) is 2.19. The Balaban J connectivity index is 2.82. The lowest BCUT2D eigenvalue weighted by molar-refractivity contribution is 1.18. The Hall–Kier alpha value is -0.563. The van der Waals surface area contributed by atoms with Crippen molar-refractivity contribution < 1.29 is 0 Å². The molecule has 60 valence electrons. The van der Waals surface area contributed by atoms with Gasteiger partial charge in [-0.25, -0.2) is 0 Å². The molecule has 0 saturated heterocycles. The van der Waals surface area contributed by atoms with Gasteiger partial charge in [0, 0.05) is 0 Å². The van der Waals surface area contributed by atoms with Crippen molar-refractivity contribution in [2.24, 2.45) is 0 Å². The van der Waals surface area contributed by atoms with Gasteiger partial charge in [-0.3, -0.25) is 0 Å². The Morgan fingerprint density at radius 1 is 1.27 bits per heavy atom. The molecule has 0 aromatic rings. The van der Waals surface area contributed by atoms with Crippen LogP contribution in [0, 0.1) is 0 Å². The minimum absolute atomic E-state index is 0.646. The zero-order valence-electron chi connectivity index (χ0n) is 7.59. The molecule has 0 saturated carbocycles. The van der Waals surface area contributed by atoms with Crippen LogP contribution in [-0.2, 0) is 0 Å². The minimum Gasteiger partial charge on any atom is -0.0955 e. The second-order valence-corrected chi connectivity index (χ2v) is 9.52. The molecule has 0 aromatic heterocycles. The third-order valence-electron chi connectivity index (χ3n) is 2.06. The lowest BCUT2D eigenvalue weighted by atomic mass is 10.1. The topological polar surface area (TPSA) is 0 Å². The van der Waals surface area contributed by atoms with Gasteiger partial charge in [0.15, 0.2) is 0 Å². The fourth-order valence-electron chi connectivity index (χ4n) is 1.43. The largest absolute Gasteiger partial charge is 0.0955 e. The highest BCUT2D eigenvalue weighted by Gasteiger charge is 2.26. The third kappa shape index (κ3) is 1.93. The summed E-state index contributed by atoms with van der Waals surface area (Å²) in [6.07, 6.45) is 8.62. The summed E-state index contributed by atoms with van der Waals surface area (Å²) in [5.41, 5.74) is 1.93. The number of hydrogen-bond donors (Lipinski definition) is 0. The predicted molar refractivity (Wildman–Crippen MR) is 54.5 cm³/mol. The van der Waals surface area contributed by atoms with Crippen LogP contribution in [0.15, 0.2) is 36.5 Å². The Morgan fingerprint density at radius 2 is 1.91 bits per heavy atom. The molecule has 1 rings (SSSR count). The second kappa shape index (κ2) is 2.82. The highest BCUT2D eigenvalue weighted by Crippen LogP contribution is 2.32. The molecule has 0 nitrogen and oxygen atoms in total. The zero-order valence-corrected chi connectivity index (χ0v) is 8.59. The van der Waals surface area contributed by atoms with Crippen LogP contribution < -0.4 is 0 Å². The fraction of sp³-hybridized carbons (Fsp3) is 0.400. The van der Waals surface area contributed by atoms with Crippen molar-refractivity contribution in [2.75, 3.05) is 0 Å². The molecule has 0 aliphatic heterocycles. The van der Waals surface area contributed by atoms with Gasteiger partial charge in [0.1, 0.15) is 0 Å². The first-order valence-corrected chi connectivity index (χ1v) is 7.63. The maximum Gasteiger partial charge on any atom is 0.0565 e. The van der Waals surface area contributed by atoms with Crippen LogP contribution in [0.1, 0.15) is 0 Å². The summed E-state index contributed by atoms with van der Waals surface area (Å²) >= 11 is 0. The van der Waals surface area contributed by atoms with E-state index in [1.165, 1.54) is 5.57 Å². The highest BCUT2D eigenvalue weighted by molar-refractivity contribution is 6.78. The molecule has 0 N–H and O–H groups in total. The van der Waals surface area contributed by atoms with Crippen molar-refractivity contribution in [3.05, 3.63) is 36.5 Å². The van der Waals surface area contributed by atoms with Crippen molar-refractivity contribution in [3.63, 3.8) is 0 Å². The Labute approximate surface area is 70.3 Å². The van der Waals surface area contributed by atoms with E-state index in [-0.39, 0.29) is 0 Å². The van der Waals surface area contributed by atoms with Gasteiger partial charge in [0.2, 0.25) is 0 Å². The molecule has 1 aliphatic rings. The van der Waals surface area contributed by atoms with Crippen LogP contribution in [0.4, 0.5) is 0 Å². The normalized spacial score (nSPS) is 24.3. The molecule has 1 heteroatoms. The average Bonchev–Trinajstić information content (AvgIpc) is 1.86. The van der Waals surface area contributed by atoms with E-state index in [0.717, 1.165) is 0 Å². The minimum atomic E-state index is -1.06. The first kappa shape index (κ1) is 8.53. The van der Waals surface area contributed by atoms with Crippen molar-refractivity contribution in [1.82, 2.24) is 0 Å². The maximum absolute atomic E-state index is 4.06. The molecule has 1 atom stereocenters. The molecule has 0 radical (unpaired) electrons. The Bertz CT molecular complexity index is 216. The average molecular weight is 164 g/mol. The summed E-state index contributed by atoms with van der Waals surface area (Å²) < 4.78 is 0. The molecule has 0 spiro atoms. The van der Waals surface area contributed by atoms with E-state index in [4.69, 9.17) is 0 Å². The van der Waals surface area contributed by atoms with Crippen LogP contribution in [0.2, 0.25) is 25.2 Å². The quantitative estimate of drug-likeness (QED) is 0.521. The first-order chi connectivity index (χ1) is 5.02. The van der Waals surface area contributed by atoms with Gasteiger partial charge < -0.3 is 0 Å². The summed E-state index contributed by atoms with van der Waals surface area (Å²) in [6, 6.07) is 0. The summed E-state index contributed by atoms with van der Waals surface area (Å²) in [4.78, 5) is 0. The molecular weight excluding hydrogens is 148 g/mol. The second-order valence-electron chi connectivity index (χ2n) is 4.16. The SMILES string of the molecule is C=C1C=CC=CC1[Si](C)(C)C. The summed E-state index contributed by atoms with van der Waals surface area (Å²) in [5, 5.41) is 0. The van der Waals surface area contributed by atoms with E-state index in [1.54, 1.807) is 0 Å². The van der Waals surface area contributed by atoms with Crippen molar-refractivity contribution in [2.45, 2.75) is 25.2 Å². The van der Waals surface area contributed by atoms with Crippen LogP contribution in [0.3, 0.4) is 0 Å². The standard InChI is InChI=1S/C10H16Si/c1-9-7-5-6-8-10(9)11(2,3)4/h5-8,10H,1H2,2-4H3. The van der Waals surface area contributed by atoms with Gasteiger partial charge in [0.05, 0.1) is 8.07 Å². The van der Waals surface area contributed by atoms with Crippen LogP contribution in [0.5, 0.6) is 0 Å². The summed E-state index contributed by atoms with van der Waals surface area (Å²) in [7, 11) is -1.06. The molecule has 0 fully saturated rings. The van der Waals surface area contributed by atoms with Crippen molar-refractivity contribution >= 4 is 8.07 Å². The van der Waals surface area contributed by atoms with E-state index < -0.39 is 8.07 Å². The first-order valence-electron chi connectivity index (χ1n) is 4.05. The van der Waals surface area contributed by atoms with Gasteiger partial charge in [-0.1, -0.05) is 56.1 Å². The van der Waals surface area contributed by atoms with Crippen molar-refractivity contribution in [1.29, 1.82) is 0 Å². The Morgan fingerprint density at radius 3 is 2.27 bits per heavy atom.